The largest absolute Gasteiger partial charge is 0.376 e. The van der Waals surface area contributed by atoms with E-state index in [1.54, 1.807) is 18.2 Å². The highest BCUT2D eigenvalue weighted by atomic mass is 79.9. The molecular formula is C15H13Br2ClN2O. The predicted molar refractivity (Wildman–Crippen MR) is 95.6 cm³/mol. The summed E-state index contributed by atoms with van der Waals surface area (Å²) >= 11 is 12.9. The number of amides is 1. The molecule has 0 aliphatic rings. The minimum absolute atomic E-state index is 0.189. The fourth-order valence-corrected chi connectivity index (χ4v) is 3.48. The summed E-state index contributed by atoms with van der Waals surface area (Å²) in [6, 6.07) is 10.8. The second-order valence-electron chi connectivity index (χ2n) is 4.67. The molecule has 2 aromatic carbocycles. The first-order valence-electron chi connectivity index (χ1n) is 6.11. The highest BCUT2D eigenvalue weighted by Gasteiger charge is 2.10. The van der Waals surface area contributed by atoms with Crippen LogP contribution < -0.4 is 10.2 Å². The van der Waals surface area contributed by atoms with Gasteiger partial charge in [0.2, 0.25) is 0 Å². The smallest absolute Gasteiger partial charge is 0.255 e. The van der Waals surface area contributed by atoms with Crippen LogP contribution in [0.1, 0.15) is 10.4 Å². The summed E-state index contributed by atoms with van der Waals surface area (Å²) in [5.74, 6) is -0.189. The number of anilines is 2. The van der Waals surface area contributed by atoms with Crippen molar-refractivity contribution >= 4 is 60.7 Å². The molecule has 0 aliphatic carbocycles. The van der Waals surface area contributed by atoms with E-state index in [4.69, 9.17) is 11.6 Å². The first-order valence-corrected chi connectivity index (χ1v) is 8.07. The van der Waals surface area contributed by atoms with Gasteiger partial charge in [-0.05, 0) is 36.4 Å². The van der Waals surface area contributed by atoms with Crippen molar-refractivity contribution in [3.63, 3.8) is 0 Å². The van der Waals surface area contributed by atoms with Gasteiger partial charge in [0.1, 0.15) is 0 Å². The molecule has 0 atom stereocenters. The summed E-state index contributed by atoms with van der Waals surface area (Å²) in [6.45, 7) is 0. The zero-order valence-electron chi connectivity index (χ0n) is 11.5. The molecule has 3 nitrogen and oxygen atoms in total. The van der Waals surface area contributed by atoms with Gasteiger partial charge >= 0.3 is 0 Å². The van der Waals surface area contributed by atoms with E-state index in [9.17, 15) is 4.79 Å². The third-order valence-electron chi connectivity index (χ3n) is 2.81. The fourth-order valence-electron chi connectivity index (χ4n) is 1.84. The highest BCUT2D eigenvalue weighted by molar-refractivity contribution is 9.11. The number of nitrogens with zero attached hydrogens (tertiary/aromatic N) is 1. The summed E-state index contributed by atoms with van der Waals surface area (Å²) in [7, 11) is 3.83. The molecule has 0 aromatic heterocycles. The zero-order chi connectivity index (χ0) is 15.6. The highest BCUT2D eigenvalue weighted by Crippen LogP contribution is 2.28. The number of carbonyl (C=O) groups is 1. The lowest BCUT2D eigenvalue weighted by Crippen LogP contribution is -2.13. The first kappa shape index (κ1) is 16.3. The fraction of sp³-hybridized carbons (Fsp3) is 0.133. The van der Waals surface area contributed by atoms with Gasteiger partial charge in [0, 0.05) is 34.3 Å². The van der Waals surface area contributed by atoms with Crippen LogP contribution in [0.2, 0.25) is 5.02 Å². The molecule has 0 bridgehead atoms. The number of hydrogen-bond donors (Lipinski definition) is 1. The summed E-state index contributed by atoms with van der Waals surface area (Å²) in [5.41, 5.74) is 2.12. The zero-order valence-corrected chi connectivity index (χ0v) is 15.4. The molecule has 6 heteroatoms. The maximum Gasteiger partial charge on any atom is 0.255 e. The van der Waals surface area contributed by atoms with Crippen molar-refractivity contribution in [2.24, 2.45) is 0 Å². The van der Waals surface area contributed by atoms with E-state index in [0.717, 1.165) is 14.6 Å². The van der Waals surface area contributed by atoms with Gasteiger partial charge in [-0.25, -0.2) is 0 Å². The van der Waals surface area contributed by atoms with Gasteiger partial charge in [-0.15, -0.1) is 0 Å². The Hall–Kier alpha value is -1.04. The van der Waals surface area contributed by atoms with Gasteiger partial charge in [0.05, 0.1) is 10.7 Å². The molecule has 2 aromatic rings. The third kappa shape index (κ3) is 4.22. The lowest BCUT2D eigenvalue weighted by molar-refractivity contribution is 0.102. The number of carbonyl (C=O) groups excluding carboxylic acids is 1. The Morgan fingerprint density at radius 2 is 1.71 bits per heavy atom. The van der Waals surface area contributed by atoms with Crippen LogP contribution in [-0.4, -0.2) is 20.0 Å². The molecule has 0 saturated heterocycles. The Balaban J connectivity index is 2.21. The van der Waals surface area contributed by atoms with Gasteiger partial charge in [-0.2, -0.15) is 0 Å². The van der Waals surface area contributed by atoms with E-state index in [0.29, 0.717) is 16.3 Å². The Morgan fingerprint density at radius 3 is 2.24 bits per heavy atom. The van der Waals surface area contributed by atoms with Crippen LogP contribution in [0.4, 0.5) is 11.4 Å². The molecule has 0 unspecified atom stereocenters. The molecule has 0 saturated carbocycles. The Labute approximate surface area is 145 Å². The minimum atomic E-state index is -0.189. The average molecular weight is 433 g/mol. The standard InChI is InChI=1S/C15H13Br2ClN2O/c1-20(2)14-4-3-12(8-13(14)18)19-15(21)9-5-10(16)7-11(17)6-9/h3-8H,1-2H3,(H,19,21). The van der Waals surface area contributed by atoms with Crippen LogP contribution in [0.15, 0.2) is 45.3 Å². The number of rotatable bonds is 3. The van der Waals surface area contributed by atoms with Crippen molar-refractivity contribution in [2.45, 2.75) is 0 Å². The van der Waals surface area contributed by atoms with Crippen LogP contribution in [0.3, 0.4) is 0 Å². The summed E-state index contributed by atoms with van der Waals surface area (Å²) in [4.78, 5) is 14.2. The second kappa shape index (κ2) is 6.81. The molecule has 0 fully saturated rings. The number of hydrogen-bond acceptors (Lipinski definition) is 2. The SMILES string of the molecule is CN(C)c1ccc(NC(=O)c2cc(Br)cc(Br)c2)cc1Cl. The van der Waals surface area contributed by atoms with Crippen LogP contribution in [0.25, 0.3) is 0 Å². The number of nitrogens with one attached hydrogen (secondary N) is 1. The van der Waals surface area contributed by atoms with Crippen molar-refractivity contribution in [2.75, 3.05) is 24.3 Å². The molecule has 2 rings (SSSR count). The van der Waals surface area contributed by atoms with Gasteiger partial charge in [-0.3, -0.25) is 4.79 Å². The van der Waals surface area contributed by atoms with E-state index in [1.807, 2.05) is 37.2 Å². The van der Waals surface area contributed by atoms with Gasteiger partial charge in [0.25, 0.3) is 5.91 Å². The van der Waals surface area contributed by atoms with E-state index in [2.05, 4.69) is 37.2 Å². The number of halogens is 3. The van der Waals surface area contributed by atoms with Crippen LogP contribution >= 0.6 is 43.5 Å². The van der Waals surface area contributed by atoms with Crippen LogP contribution in [0.5, 0.6) is 0 Å². The Kier molecular flexibility index (Phi) is 5.30. The third-order valence-corrected chi connectivity index (χ3v) is 4.03. The minimum Gasteiger partial charge on any atom is -0.376 e. The van der Waals surface area contributed by atoms with Gasteiger partial charge in [0.15, 0.2) is 0 Å². The Morgan fingerprint density at radius 1 is 1.10 bits per heavy atom. The molecule has 0 spiro atoms. The predicted octanol–water partition coefficient (Wildman–Crippen LogP) is 5.18. The molecule has 110 valence electrons. The molecule has 21 heavy (non-hydrogen) atoms. The van der Waals surface area contributed by atoms with E-state index in [-0.39, 0.29) is 5.91 Å². The molecule has 0 radical (unpaired) electrons. The molecule has 1 N–H and O–H groups in total. The second-order valence-corrected chi connectivity index (χ2v) is 6.91. The summed E-state index contributed by atoms with van der Waals surface area (Å²) in [6.07, 6.45) is 0. The van der Waals surface area contributed by atoms with Crippen molar-refractivity contribution < 1.29 is 4.79 Å². The van der Waals surface area contributed by atoms with Crippen LogP contribution in [0, 0.1) is 0 Å². The molecular weight excluding hydrogens is 419 g/mol. The molecule has 0 heterocycles. The van der Waals surface area contributed by atoms with Crippen molar-refractivity contribution in [3.8, 4) is 0 Å². The van der Waals surface area contributed by atoms with Crippen molar-refractivity contribution in [3.05, 3.63) is 55.9 Å². The number of benzene rings is 2. The van der Waals surface area contributed by atoms with E-state index in [1.165, 1.54) is 0 Å². The monoisotopic (exact) mass is 430 g/mol. The van der Waals surface area contributed by atoms with Crippen molar-refractivity contribution in [1.82, 2.24) is 0 Å². The first-order chi connectivity index (χ1) is 9.86. The van der Waals surface area contributed by atoms with Crippen LogP contribution in [-0.2, 0) is 0 Å². The molecule has 1 amide bonds. The van der Waals surface area contributed by atoms with E-state index >= 15 is 0 Å². The van der Waals surface area contributed by atoms with Crippen molar-refractivity contribution in [1.29, 1.82) is 0 Å². The maximum absolute atomic E-state index is 12.2. The maximum atomic E-state index is 12.2. The lowest BCUT2D eigenvalue weighted by Gasteiger charge is -2.15. The Bertz CT molecular complexity index is 669. The topological polar surface area (TPSA) is 32.3 Å². The van der Waals surface area contributed by atoms with Gasteiger partial charge < -0.3 is 10.2 Å². The quantitative estimate of drug-likeness (QED) is 0.725. The molecule has 0 aliphatic heterocycles. The lowest BCUT2D eigenvalue weighted by atomic mass is 10.2. The summed E-state index contributed by atoms with van der Waals surface area (Å²) < 4.78 is 1.67. The average Bonchev–Trinajstić information content (AvgIpc) is 2.37. The normalized spacial score (nSPS) is 10.3. The van der Waals surface area contributed by atoms with Gasteiger partial charge in [-0.1, -0.05) is 43.5 Å². The van der Waals surface area contributed by atoms with E-state index < -0.39 is 0 Å². The summed E-state index contributed by atoms with van der Waals surface area (Å²) in [5, 5.41) is 3.43.